The van der Waals surface area contributed by atoms with Crippen molar-refractivity contribution in [1.29, 1.82) is 0 Å². The molecule has 1 aliphatic carbocycles. The standard InChI is InChI=1S/C16H24BrNO3/c1-12(19)16(18-14-4-2-3-5-14)21-11-10-20-15-8-6-13(17)7-9-15/h6-9,12,14,16,18-19H,2-5,10-11H2,1H3. The van der Waals surface area contributed by atoms with Crippen molar-refractivity contribution in [3.8, 4) is 5.75 Å². The fourth-order valence-corrected chi connectivity index (χ4v) is 2.78. The molecule has 21 heavy (non-hydrogen) atoms. The molecule has 5 heteroatoms. The van der Waals surface area contributed by atoms with Crippen molar-refractivity contribution in [3.05, 3.63) is 28.7 Å². The quantitative estimate of drug-likeness (QED) is 0.554. The summed E-state index contributed by atoms with van der Waals surface area (Å²) in [5.41, 5.74) is 0. The first-order chi connectivity index (χ1) is 10.1. The largest absolute Gasteiger partial charge is 0.491 e. The van der Waals surface area contributed by atoms with Gasteiger partial charge in [-0.1, -0.05) is 28.8 Å². The molecule has 0 heterocycles. The second-order valence-corrected chi connectivity index (χ2v) is 6.40. The van der Waals surface area contributed by atoms with Crippen LogP contribution in [0.2, 0.25) is 0 Å². The molecule has 1 aromatic rings. The molecule has 2 atom stereocenters. The van der Waals surface area contributed by atoms with Crippen molar-refractivity contribution in [1.82, 2.24) is 5.32 Å². The summed E-state index contributed by atoms with van der Waals surface area (Å²) in [5.74, 6) is 0.819. The highest BCUT2D eigenvalue weighted by molar-refractivity contribution is 9.10. The average molecular weight is 358 g/mol. The van der Waals surface area contributed by atoms with Gasteiger partial charge in [-0.05, 0) is 44.0 Å². The van der Waals surface area contributed by atoms with E-state index in [1.807, 2.05) is 24.3 Å². The predicted molar refractivity (Wildman–Crippen MR) is 86.4 cm³/mol. The van der Waals surface area contributed by atoms with Crippen molar-refractivity contribution in [2.45, 2.75) is 51.0 Å². The number of rotatable bonds is 8. The average Bonchev–Trinajstić information content (AvgIpc) is 2.97. The highest BCUT2D eigenvalue weighted by Crippen LogP contribution is 2.19. The van der Waals surface area contributed by atoms with Gasteiger partial charge >= 0.3 is 0 Å². The minimum absolute atomic E-state index is 0.318. The number of aliphatic hydroxyl groups excluding tert-OH is 1. The van der Waals surface area contributed by atoms with E-state index in [4.69, 9.17) is 9.47 Å². The topological polar surface area (TPSA) is 50.7 Å². The Morgan fingerprint density at radius 1 is 1.24 bits per heavy atom. The molecule has 2 rings (SSSR count). The number of hydrogen-bond donors (Lipinski definition) is 2. The second-order valence-electron chi connectivity index (χ2n) is 5.48. The zero-order valence-electron chi connectivity index (χ0n) is 12.4. The van der Waals surface area contributed by atoms with Crippen LogP contribution in [-0.2, 0) is 4.74 Å². The number of nitrogens with one attached hydrogen (secondary N) is 1. The zero-order chi connectivity index (χ0) is 15.1. The maximum absolute atomic E-state index is 9.79. The van der Waals surface area contributed by atoms with Crippen molar-refractivity contribution in [2.75, 3.05) is 13.2 Å². The Bertz CT molecular complexity index is 404. The van der Waals surface area contributed by atoms with Crippen LogP contribution in [0.25, 0.3) is 0 Å². The molecule has 0 amide bonds. The molecule has 1 aliphatic rings. The minimum atomic E-state index is -0.529. The summed E-state index contributed by atoms with van der Waals surface area (Å²) in [7, 11) is 0. The van der Waals surface area contributed by atoms with Crippen LogP contribution in [0, 0.1) is 0 Å². The summed E-state index contributed by atoms with van der Waals surface area (Å²) in [6.45, 7) is 2.67. The van der Waals surface area contributed by atoms with Crippen LogP contribution in [0.3, 0.4) is 0 Å². The molecular weight excluding hydrogens is 334 g/mol. The van der Waals surface area contributed by atoms with Crippen LogP contribution in [0.5, 0.6) is 5.75 Å². The van der Waals surface area contributed by atoms with E-state index in [9.17, 15) is 5.11 Å². The fourth-order valence-electron chi connectivity index (χ4n) is 2.52. The van der Waals surface area contributed by atoms with Crippen LogP contribution in [0.15, 0.2) is 28.7 Å². The van der Waals surface area contributed by atoms with Crippen LogP contribution in [-0.4, -0.2) is 36.7 Å². The normalized spacial score (nSPS) is 18.6. The number of halogens is 1. The Balaban J connectivity index is 1.67. The molecule has 2 N–H and O–H groups in total. The molecule has 0 bridgehead atoms. The lowest BCUT2D eigenvalue weighted by molar-refractivity contribution is -0.0609. The van der Waals surface area contributed by atoms with E-state index in [0.29, 0.717) is 19.3 Å². The van der Waals surface area contributed by atoms with Gasteiger partial charge in [0.25, 0.3) is 0 Å². The molecule has 1 fully saturated rings. The van der Waals surface area contributed by atoms with E-state index in [1.165, 1.54) is 25.7 Å². The van der Waals surface area contributed by atoms with Gasteiger partial charge in [0.05, 0.1) is 12.7 Å². The van der Waals surface area contributed by atoms with E-state index >= 15 is 0 Å². The Morgan fingerprint density at radius 3 is 2.52 bits per heavy atom. The lowest BCUT2D eigenvalue weighted by Crippen LogP contribution is -2.45. The van der Waals surface area contributed by atoms with Crippen molar-refractivity contribution >= 4 is 15.9 Å². The lowest BCUT2D eigenvalue weighted by atomic mass is 10.2. The smallest absolute Gasteiger partial charge is 0.134 e. The maximum atomic E-state index is 9.79. The summed E-state index contributed by atoms with van der Waals surface area (Å²) in [6.07, 6.45) is 4.01. The van der Waals surface area contributed by atoms with Crippen LogP contribution in [0.1, 0.15) is 32.6 Å². The lowest BCUT2D eigenvalue weighted by Gasteiger charge is -2.25. The third kappa shape index (κ3) is 5.94. The molecule has 0 aromatic heterocycles. The Kier molecular flexibility index (Phi) is 6.96. The van der Waals surface area contributed by atoms with Crippen LogP contribution in [0.4, 0.5) is 0 Å². The highest BCUT2D eigenvalue weighted by Gasteiger charge is 2.22. The van der Waals surface area contributed by atoms with Gasteiger partial charge in [-0.25, -0.2) is 0 Å². The van der Waals surface area contributed by atoms with E-state index in [2.05, 4.69) is 21.2 Å². The highest BCUT2D eigenvalue weighted by atomic mass is 79.9. The van der Waals surface area contributed by atoms with Crippen LogP contribution < -0.4 is 10.1 Å². The fraction of sp³-hybridized carbons (Fsp3) is 0.625. The van der Waals surface area contributed by atoms with E-state index < -0.39 is 6.10 Å². The van der Waals surface area contributed by atoms with Gasteiger partial charge in [-0.3, -0.25) is 5.32 Å². The van der Waals surface area contributed by atoms with Crippen molar-refractivity contribution in [3.63, 3.8) is 0 Å². The number of ether oxygens (including phenoxy) is 2. The van der Waals surface area contributed by atoms with Gasteiger partial charge < -0.3 is 14.6 Å². The minimum Gasteiger partial charge on any atom is -0.491 e. The predicted octanol–water partition coefficient (Wildman–Crippen LogP) is 3.08. The first kappa shape index (κ1) is 16.7. The molecule has 0 radical (unpaired) electrons. The summed E-state index contributed by atoms with van der Waals surface area (Å²) < 4.78 is 12.4. The van der Waals surface area contributed by atoms with E-state index in [0.717, 1.165) is 10.2 Å². The third-order valence-electron chi connectivity index (χ3n) is 3.66. The first-order valence-corrected chi connectivity index (χ1v) is 8.38. The summed E-state index contributed by atoms with van der Waals surface area (Å²) in [6, 6.07) is 8.17. The Morgan fingerprint density at radius 2 is 1.90 bits per heavy atom. The molecule has 118 valence electrons. The van der Waals surface area contributed by atoms with Gasteiger partial charge in [0, 0.05) is 10.5 Å². The molecule has 0 aliphatic heterocycles. The van der Waals surface area contributed by atoms with E-state index in [-0.39, 0.29) is 6.23 Å². The first-order valence-electron chi connectivity index (χ1n) is 7.59. The van der Waals surface area contributed by atoms with Crippen molar-refractivity contribution < 1.29 is 14.6 Å². The van der Waals surface area contributed by atoms with Gasteiger partial charge in [0.1, 0.15) is 18.6 Å². The second kappa shape index (κ2) is 8.73. The zero-order valence-corrected chi connectivity index (χ0v) is 14.0. The molecule has 0 saturated heterocycles. The van der Waals surface area contributed by atoms with Gasteiger partial charge in [0.2, 0.25) is 0 Å². The van der Waals surface area contributed by atoms with Crippen molar-refractivity contribution in [2.24, 2.45) is 0 Å². The maximum Gasteiger partial charge on any atom is 0.134 e. The van der Waals surface area contributed by atoms with Gasteiger partial charge in [-0.2, -0.15) is 0 Å². The molecule has 2 unspecified atom stereocenters. The van der Waals surface area contributed by atoms with Crippen LogP contribution >= 0.6 is 15.9 Å². The molecule has 0 spiro atoms. The Hall–Kier alpha value is -0.620. The Labute approximate surface area is 135 Å². The number of hydrogen-bond acceptors (Lipinski definition) is 4. The molecular formula is C16H24BrNO3. The van der Waals surface area contributed by atoms with Gasteiger partial charge in [0.15, 0.2) is 0 Å². The van der Waals surface area contributed by atoms with E-state index in [1.54, 1.807) is 6.92 Å². The number of benzene rings is 1. The summed E-state index contributed by atoms with van der Waals surface area (Å²) >= 11 is 3.39. The monoisotopic (exact) mass is 357 g/mol. The molecule has 4 nitrogen and oxygen atoms in total. The number of aliphatic hydroxyl groups is 1. The summed E-state index contributed by atoms with van der Waals surface area (Å²) in [4.78, 5) is 0. The summed E-state index contributed by atoms with van der Waals surface area (Å²) in [5, 5.41) is 13.2. The SMILES string of the molecule is CC(O)C(NC1CCCC1)OCCOc1ccc(Br)cc1. The molecule has 1 aromatic carbocycles. The molecule has 1 saturated carbocycles. The van der Waals surface area contributed by atoms with Gasteiger partial charge in [-0.15, -0.1) is 0 Å². The third-order valence-corrected chi connectivity index (χ3v) is 4.19.